The summed E-state index contributed by atoms with van der Waals surface area (Å²) >= 11 is 0. The fourth-order valence-electron chi connectivity index (χ4n) is 4.07. The van der Waals surface area contributed by atoms with Crippen LogP contribution in [0.25, 0.3) is 0 Å². The number of nitrogens with zero attached hydrogens (tertiary/aromatic N) is 1. The number of rotatable bonds is 12. The molecule has 9 nitrogen and oxygen atoms in total. The van der Waals surface area contributed by atoms with E-state index >= 15 is 0 Å². The first kappa shape index (κ1) is 27.8. The Balaban J connectivity index is 1.62. The molecule has 0 saturated carbocycles. The molecule has 206 valence electrons. The molecule has 0 radical (unpaired) electrons. The van der Waals surface area contributed by atoms with E-state index in [0.717, 1.165) is 11.1 Å². The van der Waals surface area contributed by atoms with Gasteiger partial charge in [0.15, 0.2) is 17.3 Å². The quantitative estimate of drug-likeness (QED) is 0.0743. The Labute approximate surface area is 232 Å². The Morgan fingerprint density at radius 3 is 2.25 bits per heavy atom. The van der Waals surface area contributed by atoms with E-state index in [-0.39, 0.29) is 23.1 Å². The predicted octanol–water partition coefficient (Wildman–Crippen LogP) is 4.93. The van der Waals surface area contributed by atoms with Crippen LogP contribution in [0.3, 0.4) is 0 Å². The summed E-state index contributed by atoms with van der Waals surface area (Å²) < 4.78 is 11.9. The number of carbonyl (C=O) groups is 1. The number of amides is 1. The van der Waals surface area contributed by atoms with Crippen LogP contribution < -0.4 is 25.8 Å². The topological polar surface area (TPSA) is 138 Å². The molecule has 0 aliphatic heterocycles. The Morgan fingerprint density at radius 1 is 0.900 bits per heavy atom. The van der Waals surface area contributed by atoms with Crippen LogP contribution in [0.4, 0.5) is 5.69 Å². The maximum atomic E-state index is 13.5. The van der Waals surface area contributed by atoms with Gasteiger partial charge in [-0.25, -0.2) is 0 Å². The number of hydrogen-bond donors (Lipinski definition) is 5. The van der Waals surface area contributed by atoms with Crippen LogP contribution in [0.2, 0.25) is 0 Å². The van der Waals surface area contributed by atoms with Crippen molar-refractivity contribution in [3.8, 4) is 17.2 Å². The summed E-state index contributed by atoms with van der Waals surface area (Å²) in [4.78, 5) is 13.5. The van der Waals surface area contributed by atoms with Gasteiger partial charge in [-0.15, -0.1) is 0 Å². The fourth-order valence-corrected chi connectivity index (χ4v) is 4.07. The number of amidine groups is 1. The first-order valence-corrected chi connectivity index (χ1v) is 12.8. The second-order valence-corrected chi connectivity index (χ2v) is 8.91. The number of nitrogens with one attached hydrogen (secondary N) is 2. The third kappa shape index (κ3) is 7.22. The van der Waals surface area contributed by atoms with Crippen LogP contribution in [-0.4, -0.2) is 28.7 Å². The van der Waals surface area contributed by atoms with Gasteiger partial charge < -0.3 is 36.2 Å². The minimum absolute atomic E-state index is 0.164. The average molecular weight is 541 g/mol. The van der Waals surface area contributed by atoms with Crippen molar-refractivity contribution in [2.45, 2.75) is 26.1 Å². The predicted molar refractivity (Wildman–Crippen MR) is 154 cm³/mol. The van der Waals surface area contributed by atoms with Crippen molar-refractivity contribution < 1.29 is 24.6 Å². The van der Waals surface area contributed by atoms with Crippen LogP contribution in [0.5, 0.6) is 17.2 Å². The number of phenols is 1. The molecule has 6 N–H and O–H groups in total. The number of nitrogens with two attached hydrogens (primary N) is 1. The summed E-state index contributed by atoms with van der Waals surface area (Å²) in [5, 5.41) is 28.5. The molecule has 4 rings (SSSR count). The second kappa shape index (κ2) is 13.6. The molecule has 0 bridgehead atoms. The Morgan fingerprint density at radius 2 is 1.60 bits per heavy atom. The van der Waals surface area contributed by atoms with Crippen LogP contribution in [0.15, 0.2) is 102 Å². The highest BCUT2D eigenvalue weighted by molar-refractivity contribution is 6.00. The van der Waals surface area contributed by atoms with Gasteiger partial charge in [-0.2, -0.15) is 0 Å². The van der Waals surface area contributed by atoms with E-state index in [4.69, 9.17) is 20.4 Å². The number of ether oxygens (including phenoxy) is 2. The highest BCUT2D eigenvalue weighted by atomic mass is 16.5. The van der Waals surface area contributed by atoms with Crippen molar-refractivity contribution >= 4 is 17.4 Å². The van der Waals surface area contributed by atoms with Crippen LogP contribution in [-0.2, 0) is 17.9 Å². The zero-order valence-electron chi connectivity index (χ0n) is 22.1. The lowest BCUT2D eigenvalue weighted by atomic mass is 10.0. The van der Waals surface area contributed by atoms with E-state index in [2.05, 4.69) is 15.8 Å². The minimum Gasteiger partial charge on any atom is -0.507 e. The van der Waals surface area contributed by atoms with Crippen molar-refractivity contribution in [1.29, 1.82) is 0 Å². The summed E-state index contributed by atoms with van der Waals surface area (Å²) in [6.45, 7) is 2.99. The number of hydrogen-bond acceptors (Lipinski definition) is 7. The van der Waals surface area contributed by atoms with Gasteiger partial charge in [0, 0.05) is 18.3 Å². The van der Waals surface area contributed by atoms with E-state index < -0.39 is 6.04 Å². The van der Waals surface area contributed by atoms with Crippen molar-refractivity contribution in [1.82, 2.24) is 5.32 Å². The number of phenolic OH excluding ortho intramolecular Hbond substituents is 1. The molecule has 0 aliphatic rings. The first-order valence-electron chi connectivity index (χ1n) is 12.8. The van der Waals surface area contributed by atoms with Gasteiger partial charge in [0.2, 0.25) is 5.91 Å². The fraction of sp³-hybridized carbons (Fsp3) is 0.161. The van der Waals surface area contributed by atoms with Gasteiger partial charge in [-0.3, -0.25) is 4.79 Å². The molecule has 1 unspecified atom stereocenters. The molecule has 0 heterocycles. The van der Waals surface area contributed by atoms with Gasteiger partial charge in [0.1, 0.15) is 18.4 Å². The summed E-state index contributed by atoms with van der Waals surface area (Å²) in [7, 11) is 0. The zero-order chi connectivity index (χ0) is 28.3. The Kier molecular flexibility index (Phi) is 9.44. The maximum Gasteiger partial charge on any atom is 0.247 e. The van der Waals surface area contributed by atoms with Crippen LogP contribution in [0, 0.1) is 0 Å². The number of carbonyl (C=O) groups excluding carboxylic acids is 1. The molecule has 4 aromatic rings. The van der Waals surface area contributed by atoms with E-state index in [1.807, 2.05) is 67.6 Å². The van der Waals surface area contributed by atoms with Crippen LogP contribution >= 0.6 is 0 Å². The largest absolute Gasteiger partial charge is 0.507 e. The van der Waals surface area contributed by atoms with Crippen molar-refractivity contribution in [2.24, 2.45) is 10.9 Å². The summed E-state index contributed by atoms with van der Waals surface area (Å²) in [6, 6.07) is 28.4. The monoisotopic (exact) mass is 540 g/mol. The van der Waals surface area contributed by atoms with Crippen molar-refractivity contribution in [3.05, 3.63) is 119 Å². The number of oxime groups is 1. The first-order chi connectivity index (χ1) is 19.5. The molecular weight excluding hydrogens is 508 g/mol. The summed E-state index contributed by atoms with van der Waals surface area (Å²) in [5.74, 6) is 0.337. The molecule has 0 fully saturated rings. The molecule has 4 aromatic carbocycles. The normalized spacial score (nSPS) is 11.9. The molecule has 0 spiro atoms. The van der Waals surface area contributed by atoms with Gasteiger partial charge in [0.05, 0.1) is 12.2 Å². The lowest BCUT2D eigenvalue weighted by Crippen LogP contribution is -2.33. The molecule has 40 heavy (non-hydrogen) atoms. The van der Waals surface area contributed by atoms with Crippen LogP contribution in [0.1, 0.15) is 35.2 Å². The summed E-state index contributed by atoms with van der Waals surface area (Å²) in [5.41, 5.74) is 8.85. The average Bonchev–Trinajstić information content (AvgIpc) is 2.99. The minimum atomic E-state index is -0.847. The maximum absolute atomic E-state index is 13.5. The highest BCUT2D eigenvalue weighted by Gasteiger charge is 2.23. The standard InChI is InChI=1S/C31H32N4O5/c1-2-39-28-17-23(13-16-27(28)40-20-22-11-7-4-8-12-22)29(31(37)33-19-21-9-5-3-6-10-21)34-24-14-15-25(26(36)18-24)30(32)35-38/h3-18,29,34,36,38H,2,19-20H2,1H3,(H2,32,35)(H,33,37). The van der Waals surface area contributed by atoms with Gasteiger partial charge in [-0.1, -0.05) is 71.9 Å². The zero-order valence-corrected chi connectivity index (χ0v) is 22.1. The third-order valence-corrected chi connectivity index (χ3v) is 6.10. The smallest absolute Gasteiger partial charge is 0.247 e. The molecule has 0 aliphatic carbocycles. The second-order valence-electron chi connectivity index (χ2n) is 8.91. The van der Waals surface area contributed by atoms with Crippen molar-refractivity contribution in [2.75, 3.05) is 11.9 Å². The summed E-state index contributed by atoms with van der Waals surface area (Å²) in [6.07, 6.45) is 0. The number of benzene rings is 4. The molecule has 0 aromatic heterocycles. The van der Waals surface area contributed by atoms with Gasteiger partial charge in [-0.05, 0) is 47.9 Å². The van der Waals surface area contributed by atoms with Crippen molar-refractivity contribution in [3.63, 3.8) is 0 Å². The van der Waals surface area contributed by atoms with Gasteiger partial charge in [0.25, 0.3) is 0 Å². The van der Waals surface area contributed by atoms with Gasteiger partial charge >= 0.3 is 0 Å². The molecule has 0 saturated heterocycles. The number of anilines is 1. The van der Waals surface area contributed by atoms with E-state index in [1.165, 1.54) is 12.1 Å². The lowest BCUT2D eigenvalue weighted by molar-refractivity contribution is -0.122. The third-order valence-electron chi connectivity index (χ3n) is 6.10. The molecule has 1 amide bonds. The Bertz CT molecular complexity index is 1450. The molecule has 9 heteroatoms. The molecular formula is C31H32N4O5. The van der Waals surface area contributed by atoms with E-state index in [1.54, 1.807) is 24.3 Å². The van der Waals surface area contributed by atoms with E-state index in [0.29, 0.717) is 42.5 Å². The molecule has 1 atom stereocenters. The Hall–Kier alpha value is -5.18. The highest BCUT2D eigenvalue weighted by Crippen LogP contribution is 2.33. The lowest BCUT2D eigenvalue weighted by Gasteiger charge is -2.22. The SMILES string of the molecule is CCOc1cc(C(Nc2ccc(C(N)=NO)c(O)c2)C(=O)NCc2ccccc2)ccc1OCc1ccccc1. The number of aromatic hydroxyl groups is 1. The van der Waals surface area contributed by atoms with E-state index in [9.17, 15) is 9.90 Å².